The SMILES string of the molecule is COCCN1C(=O)CCC(C(=O)OC)C1c1ccccc1Cl. The number of esters is 1. The number of nitrogens with zero attached hydrogens (tertiary/aromatic N) is 1. The van der Waals surface area contributed by atoms with Crippen LogP contribution in [-0.4, -0.2) is 44.1 Å². The summed E-state index contributed by atoms with van der Waals surface area (Å²) in [6, 6.07) is 6.87. The normalized spacial score (nSPS) is 21.8. The number of piperidine rings is 1. The molecule has 0 aromatic heterocycles. The van der Waals surface area contributed by atoms with Crippen molar-refractivity contribution in [3.05, 3.63) is 34.9 Å². The smallest absolute Gasteiger partial charge is 0.311 e. The van der Waals surface area contributed by atoms with E-state index in [1.54, 1.807) is 18.1 Å². The molecule has 1 aromatic rings. The number of likely N-dealkylation sites (tertiary alicyclic amines) is 1. The molecule has 1 aliphatic heterocycles. The summed E-state index contributed by atoms with van der Waals surface area (Å²) in [5.41, 5.74) is 0.767. The van der Waals surface area contributed by atoms with Gasteiger partial charge in [-0.3, -0.25) is 9.59 Å². The summed E-state index contributed by atoms with van der Waals surface area (Å²) >= 11 is 6.30. The maximum absolute atomic E-state index is 12.3. The molecule has 0 saturated carbocycles. The minimum atomic E-state index is -0.419. The lowest BCUT2D eigenvalue weighted by atomic mass is 9.84. The summed E-state index contributed by atoms with van der Waals surface area (Å²) < 4.78 is 10.0. The van der Waals surface area contributed by atoms with Crippen molar-refractivity contribution in [3.8, 4) is 0 Å². The largest absolute Gasteiger partial charge is 0.469 e. The Morgan fingerprint density at radius 1 is 1.36 bits per heavy atom. The molecule has 1 aliphatic rings. The lowest BCUT2D eigenvalue weighted by Crippen LogP contribution is -2.47. The number of benzene rings is 1. The van der Waals surface area contributed by atoms with E-state index in [1.807, 2.05) is 18.2 Å². The Labute approximate surface area is 135 Å². The van der Waals surface area contributed by atoms with Gasteiger partial charge in [0.15, 0.2) is 0 Å². The average Bonchev–Trinajstić information content (AvgIpc) is 2.53. The van der Waals surface area contributed by atoms with Crippen molar-refractivity contribution in [3.63, 3.8) is 0 Å². The van der Waals surface area contributed by atoms with Gasteiger partial charge in [-0.25, -0.2) is 0 Å². The van der Waals surface area contributed by atoms with E-state index in [0.29, 0.717) is 31.0 Å². The second-order valence-electron chi connectivity index (χ2n) is 5.21. The number of carbonyl (C=O) groups is 2. The molecule has 5 nitrogen and oxygen atoms in total. The van der Waals surface area contributed by atoms with Gasteiger partial charge in [0.2, 0.25) is 5.91 Å². The third-order valence-corrected chi connectivity index (χ3v) is 4.31. The Morgan fingerprint density at radius 2 is 2.09 bits per heavy atom. The molecule has 2 atom stereocenters. The number of hydrogen-bond acceptors (Lipinski definition) is 4. The quantitative estimate of drug-likeness (QED) is 0.780. The molecule has 120 valence electrons. The van der Waals surface area contributed by atoms with Crippen molar-refractivity contribution in [2.24, 2.45) is 5.92 Å². The van der Waals surface area contributed by atoms with E-state index in [2.05, 4.69) is 0 Å². The Balaban J connectivity index is 2.42. The van der Waals surface area contributed by atoms with Crippen LogP contribution in [-0.2, 0) is 19.1 Å². The number of amides is 1. The lowest BCUT2D eigenvalue weighted by molar-refractivity contribution is -0.155. The highest BCUT2D eigenvalue weighted by molar-refractivity contribution is 6.31. The summed E-state index contributed by atoms with van der Waals surface area (Å²) in [4.78, 5) is 26.2. The van der Waals surface area contributed by atoms with E-state index in [4.69, 9.17) is 21.1 Å². The molecule has 1 saturated heterocycles. The number of rotatable bonds is 5. The average molecular weight is 326 g/mol. The van der Waals surface area contributed by atoms with E-state index in [9.17, 15) is 9.59 Å². The Bertz CT molecular complexity index is 549. The Kier molecular flexibility index (Phi) is 5.80. The summed E-state index contributed by atoms with van der Waals surface area (Å²) in [5.74, 6) is -0.735. The molecule has 0 N–H and O–H groups in total. The fraction of sp³-hybridized carbons (Fsp3) is 0.500. The monoisotopic (exact) mass is 325 g/mol. The second-order valence-corrected chi connectivity index (χ2v) is 5.62. The molecule has 0 spiro atoms. The zero-order chi connectivity index (χ0) is 16.1. The fourth-order valence-corrected chi connectivity index (χ4v) is 3.15. The number of carbonyl (C=O) groups excluding carboxylic acids is 2. The van der Waals surface area contributed by atoms with Crippen molar-refractivity contribution >= 4 is 23.5 Å². The van der Waals surface area contributed by atoms with Crippen molar-refractivity contribution < 1.29 is 19.1 Å². The maximum atomic E-state index is 12.3. The first-order chi connectivity index (χ1) is 10.6. The Morgan fingerprint density at radius 3 is 2.73 bits per heavy atom. The van der Waals surface area contributed by atoms with Crippen LogP contribution in [0.5, 0.6) is 0 Å². The summed E-state index contributed by atoms with van der Waals surface area (Å²) in [5, 5.41) is 0.540. The number of methoxy groups -OCH3 is 2. The van der Waals surface area contributed by atoms with Crippen LogP contribution >= 0.6 is 11.6 Å². The van der Waals surface area contributed by atoms with Crippen LogP contribution in [0.2, 0.25) is 5.02 Å². The number of ether oxygens (including phenoxy) is 2. The summed E-state index contributed by atoms with van der Waals surface area (Å²) in [6.07, 6.45) is 0.787. The maximum Gasteiger partial charge on any atom is 0.311 e. The van der Waals surface area contributed by atoms with Gasteiger partial charge in [0, 0.05) is 25.1 Å². The van der Waals surface area contributed by atoms with Crippen molar-refractivity contribution in [2.75, 3.05) is 27.4 Å². The molecular weight excluding hydrogens is 306 g/mol. The topological polar surface area (TPSA) is 55.8 Å². The molecule has 0 bridgehead atoms. The number of hydrogen-bond donors (Lipinski definition) is 0. The highest BCUT2D eigenvalue weighted by atomic mass is 35.5. The molecule has 6 heteroatoms. The Hall–Kier alpha value is -1.59. The first-order valence-corrected chi connectivity index (χ1v) is 7.58. The summed E-state index contributed by atoms with van der Waals surface area (Å²) in [6.45, 7) is 0.819. The van der Waals surface area contributed by atoms with Gasteiger partial charge in [-0.1, -0.05) is 29.8 Å². The van der Waals surface area contributed by atoms with E-state index in [0.717, 1.165) is 5.56 Å². The molecule has 2 unspecified atom stereocenters. The van der Waals surface area contributed by atoms with Crippen LogP contribution in [0.15, 0.2) is 24.3 Å². The van der Waals surface area contributed by atoms with E-state index in [1.165, 1.54) is 7.11 Å². The van der Waals surface area contributed by atoms with Gasteiger partial charge in [-0.2, -0.15) is 0 Å². The molecule has 1 fully saturated rings. The van der Waals surface area contributed by atoms with Crippen LogP contribution in [0.25, 0.3) is 0 Å². The molecule has 22 heavy (non-hydrogen) atoms. The fourth-order valence-electron chi connectivity index (χ4n) is 2.90. The third-order valence-electron chi connectivity index (χ3n) is 3.97. The highest BCUT2D eigenvalue weighted by Gasteiger charge is 2.41. The van der Waals surface area contributed by atoms with Crippen molar-refractivity contribution in [1.29, 1.82) is 0 Å². The number of halogens is 1. The zero-order valence-electron chi connectivity index (χ0n) is 12.8. The van der Waals surface area contributed by atoms with E-state index >= 15 is 0 Å². The molecule has 1 aromatic carbocycles. The van der Waals surface area contributed by atoms with Gasteiger partial charge in [-0.05, 0) is 18.1 Å². The molecular formula is C16H20ClNO4. The van der Waals surface area contributed by atoms with Crippen molar-refractivity contribution in [2.45, 2.75) is 18.9 Å². The molecule has 0 radical (unpaired) electrons. The van der Waals surface area contributed by atoms with Crippen LogP contribution in [0.1, 0.15) is 24.4 Å². The minimum Gasteiger partial charge on any atom is -0.469 e. The van der Waals surface area contributed by atoms with E-state index in [-0.39, 0.29) is 11.9 Å². The minimum absolute atomic E-state index is 0.00197. The lowest BCUT2D eigenvalue weighted by Gasteiger charge is -2.40. The zero-order valence-corrected chi connectivity index (χ0v) is 13.5. The standard InChI is InChI=1S/C16H20ClNO4/c1-21-10-9-18-14(19)8-7-12(16(20)22-2)15(18)11-5-3-4-6-13(11)17/h3-6,12,15H,7-10H2,1-2H3. The first-order valence-electron chi connectivity index (χ1n) is 7.20. The predicted octanol–water partition coefficient (Wildman–Crippen LogP) is 2.44. The molecule has 0 aliphatic carbocycles. The van der Waals surface area contributed by atoms with Gasteiger partial charge >= 0.3 is 5.97 Å². The van der Waals surface area contributed by atoms with Gasteiger partial charge in [0.25, 0.3) is 0 Å². The predicted molar refractivity (Wildman–Crippen MR) is 82.5 cm³/mol. The summed E-state index contributed by atoms with van der Waals surface area (Å²) in [7, 11) is 2.94. The van der Waals surface area contributed by atoms with Crippen LogP contribution in [0.4, 0.5) is 0 Å². The molecule has 2 rings (SSSR count). The van der Waals surface area contributed by atoms with Crippen molar-refractivity contribution in [1.82, 2.24) is 4.90 Å². The third kappa shape index (κ3) is 3.42. The van der Waals surface area contributed by atoms with Crippen LogP contribution < -0.4 is 0 Å². The van der Waals surface area contributed by atoms with Crippen LogP contribution in [0.3, 0.4) is 0 Å². The van der Waals surface area contributed by atoms with Crippen LogP contribution in [0, 0.1) is 5.92 Å². The van der Waals surface area contributed by atoms with Gasteiger partial charge in [0.1, 0.15) is 0 Å². The van der Waals surface area contributed by atoms with Gasteiger partial charge in [-0.15, -0.1) is 0 Å². The second kappa shape index (κ2) is 7.61. The van der Waals surface area contributed by atoms with Gasteiger partial charge < -0.3 is 14.4 Å². The van der Waals surface area contributed by atoms with E-state index < -0.39 is 12.0 Å². The first kappa shape index (κ1) is 16.8. The molecule has 1 amide bonds. The van der Waals surface area contributed by atoms with Gasteiger partial charge in [0.05, 0.1) is 25.7 Å². The highest BCUT2D eigenvalue weighted by Crippen LogP contribution is 2.39. The molecule has 1 heterocycles.